The van der Waals surface area contributed by atoms with Crippen LogP contribution >= 0.6 is 11.8 Å². The predicted molar refractivity (Wildman–Crippen MR) is 128 cm³/mol. The van der Waals surface area contributed by atoms with Gasteiger partial charge in [-0.15, -0.1) is 11.8 Å². The van der Waals surface area contributed by atoms with Crippen LogP contribution in [-0.4, -0.2) is 33.3 Å². The first-order chi connectivity index (χ1) is 16.9. The minimum Gasteiger partial charge on any atom is -0.502 e. The van der Waals surface area contributed by atoms with E-state index in [1.54, 1.807) is 15.6 Å². The first-order valence-corrected chi connectivity index (χ1v) is 12.6. The Kier molecular flexibility index (Phi) is 5.14. The van der Waals surface area contributed by atoms with Crippen molar-refractivity contribution in [3.05, 3.63) is 92.9 Å². The molecule has 0 radical (unpaired) electrons. The average molecular weight is 496 g/mol. The Bertz CT molecular complexity index is 1430. The molecule has 1 amide bonds. The molecule has 1 saturated heterocycles. The number of carbonyl (C=O) groups is 1. The molecule has 6 rings (SSSR count). The number of hydrogen-bond donors (Lipinski definition) is 1. The molecule has 1 fully saturated rings. The van der Waals surface area contributed by atoms with Gasteiger partial charge >= 0.3 is 0 Å². The summed E-state index contributed by atoms with van der Waals surface area (Å²) in [7, 11) is 0. The van der Waals surface area contributed by atoms with Gasteiger partial charge in [-0.1, -0.05) is 31.2 Å². The van der Waals surface area contributed by atoms with Crippen LogP contribution < -0.4 is 10.4 Å². The van der Waals surface area contributed by atoms with Gasteiger partial charge in [-0.3, -0.25) is 19.3 Å². The van der Waals surface area contributed by atoms with E-state index < -0.39 is 40.9 Å². The number of thioether (sulfide) groups is 1. The number of nitrogens with zero attached hydrogens (tertiary/aromatic N) is 3. The first-order valence-electron chi connectivity index (χ1n) is 11.6. The van der Waals surface area contributed by atoms with Crippen LogP contribution in [0.2, 0.25) is 0 Å². The summed E-state index contributed by atoms with van der Waals surface area (Å²) in [6.45, 7) is 2.59. The maximum atomic E-state index is 15.1. The Balaban J connectivity index is 1.67. The Morgan fingerprint density at radius 2 is 1.86 bits per heavy atom. The van der Waals surface area contributed by atoms with E-state index in [4.69, 9.17) is 0 Å². The third-order valence-electron chi connectivity index (χ3n) is 7.28. The second kappa shape index (κ2) is 8.12. The molecule has 180 valence electrons. The summed E-state index contributed by atoms with van der Waals surface area (Å²) in [5.41, 5.74) is 1.01. The summed E-state index contributed by atoms with van der Waals surface area (Å²) in [5, 5.41) is 12.6. The number of amides is 1. The second-order valence-corrected chi connectivity index (χ2v) is 10.4. The molecule has 6 nitrogen and oxygen atoms in total. The molecule has 3 aliphatic heterocycles. The Morgan fingerprint density at radius 3 is 2.69 bits per heavy atom. The average Bonchev–Trinajstić information content (AvgIpc) is 3.01. The van der Waals surface area contributed by atoms with Crippen LogP contribution in [0.5, 0.6) is 5.75 Å². The first kappa shape index (κ1) is 22.2. The largest absolute Gasteiger partial charge is 0.502 e. The van der Waals surface area contributed by atoms with Gasteiger partial charge in [0.1, 0.15) is 6.17 Å². The number of aromatic hydroxyl groups is 1. The molecular formula is C26H23F2N3O3S. The fourth-order valence-electron chi connectivity index (χ4n) is 5.54. The van der Waals surface area contributed by atoms with E-state index in [1.165, 1.54) is 24.0 Å². The number of halogens is 2. The van der Waals surface area contributed by atoms with Gasteiger partial charge < -0.3 is 10.0 Å². The third kappa shape index (κ3) is 3.28. The van der Waals surface area contributed by atoms with Crippen molar-refractivity contribution in [2.24, 2.45) is 5.92 Å². The molecule has 3 atom stereocenters. The predicted octanol–water partition coefficient (Wildman–Crippen LogP) is 4.38. The molecule has 0 spiro atoms. The second-order valence-electron chi connectivity index (χ2n) is 9.37. The van der Waals surface area contributed by atoms with Gasteiger partial charge in [-0.2, -0.15) is 0 Å². The van der Waals surface area contributed by atoms with Crippen LogP contribution in [0.1, 0.15) is 53.0 Å². The van der Waals surface area contributed by atoms with Crippen molar-refractivity contribution in [1.29, 1.82) is 0 Å². The van der Waals surface area contributed by atoms with Crippen molar-refractivity contribution in [2.75, 3.05) is 11.6 Å². The van der Waals surface area contributed by atoms with E-state index in [2.05, 4.69) is 6.92 Å². The number of carbonyl (C=O) groups excluding carboxylic acids is 1. The topological polar surface area (TPSA) is 65.8 Å². The van der Waals surface area contributed by atoms with Gasteiger partial charge in [0, 0.05) is 35.0 Å². The molecule has 2 aromatic carbocycles. The van der Waals surface area contributed by atoms with E-state index in [9.17, 15) is 19.1 Å². The van der Waals surface area contributed by atoms with Gasteiger partial charge in [0.25, 0.3) is 5.91 Å². The number of aromatic nitrogens is 1. The highest BCUT2D eigenvalue weighted by atomic mass is 32.2. The number of hydrogen-bond acceptors (Lipinski definition) is 5. The highest BCUT2D eigenvalue weighted by Gasteiger charge is 2.46. The summed E-state index contributed by atoms with van der Waals surface area (Å²) in [4.78, 5) is 28.4. The van der Waals surface area contributed by atoms with E-state index in [0.717, 1.165) is 22.9 Å². The summed E-state index contributed by atoms with van der Waals surface area (Å²) in [6, 6.07) is 11.1. The molecule has 35 heavy (non-hydrogen) atoms. The molecule has 0 aliphatic carbocycles. The van der Waals surface area contributed by atoms with Crippen LogP contribution in [-0.2, 0) is 5.75 Å². The van der Waals surface area contributed by atoms with Crippen molar-refractivity contribution in [3.8, 4) is 5.75 Å². The van der Waals surface area contributed by atoms with Crippen LogP contribution in [0, 0.1) is 17.6 Å². The number of pyridine rings is 1. The summed E-state index contributed by atoms with van der Waals surface area (Å²) >= 11 is 1.44. The Morgan fingerprint density at radius 1 is 1.06 bits per heavy atom. The van der Waals surface area contributed by atoms with Gasteiger partial charge in [-0.25, -0.2) is 8.78 Å². The van der Waals surface area contributed by atoms with E-state index in [0.29, 0.717) is 24.4 Å². The lowest BCUT2D eigenvalue weighted by atomic mass is 9.90. The summed E-state index contributed by atoms with van der Waals surface area (Å²) in [5.74, 6) is -2.22. The quantitative estimate of drug-likeness (QED) is 0.543. The minimum atomic E-state index is -0.905. The number of benzene rings is 2. The van der Waals surface area contributed by atoms with E-state index >= 15 is 4.39 Å². The molecule has 1 N–H and O–H groups in total. The standard InChI is InChI=1S/C26H23F2N3O3S/c1-14-8-10-29-21(12-14)31(30-11-9-19(32)25(33)24(30)26(29)34)23-15-6-7-18(27)22(28)17(15)13-35-20-5-3-2-4-16(20)23/h2-7,9,11,14,21,23,33H,8,10,12-13H2,1H3/t14-,21-,23+/m1/s1. The summed E-state index contributed by atoms with van der Waals surface area (Å²) in [6.07, 6.45) is 2.54. The minimum absolute atomic E-state index is 0.109. The van der Waals surface area contributed by atoms with Crippen LogP contribution in [0.15, 0.2) is 58.4 Å². The molecule has 0 unspecified atom stereocenters. The molecule has 1 aromatic heterocycles. The Labute approximate surface area is 204 Å². The van der Waals surface area contributed by atoms with Crippen molar-refractivity contribution < 1.29 is 18.7 Å². The fourth-order valence-corrected chi connectivity index (χ4v) is 6.65. The third-order valence-corrected chi connectivity index (χ3v) is 8.40. The van der Waals surface area contributed by atoms with Crippen LogP contribution in [0.25, 0.3) is 0 Å². The smallest absolute Gasteiger partial charge is 0.278 e. The highest BCUT2D eigenvalue weighted by Crippen LogP contribution is 2.46. The van der Waals surface area contributed by atoms with Gasteiger partial charge in [0.2, 0.25) is 5.43 Å². The lowest BCUT2D eigenvalue weighted by molar-refractivity contribution is 0.0393. The zero-order valence-corrected chi connectivity index (χ0v) is 19.8. The SMILES string of the molecule is C[C@@H]1CCN2C(=O)c3c(O)c(=O)ccn3N([C@@H]3c4ccccc4SCc4c3ccc(F)c4F)[C@@H]2C1. The molecule has 0 bridgehead atoms. The van der Waals surface area contributed by atoms with Crippen LogP contribution in [0.3, 0.4) is 0 Å². The molecule has 3 aromatic rings. The van der Waals surface area contributed by atoms with Gasteiger partial charge in [0.15, 0.2) is 23.1 Å². The lowest BCUT2D eigenvalue weighted by Gasteiger charge is -2.52. The van der Waals surface area contributed by atoms with Crippen molar-refractivity contribution >= 4 is 17.7 Å². The summed E-state index contributed by atoms with van der Waals surface area (Å²) < 4.78 is 31.0. The number of rotatable bonds is 1. The van der Waals surface area contributed by atoms with E-state index in [-0.39, 0.29) is 17.0 Å². The van der Waals surface area contributed by atoms with Gasteiger partial charge in [0.05, 0.1) is 6.04 Å². The number of fused-ring (bicyclic) bond motifs is 4. The molecule has 9 heteroatoms. The maximum absolute atomic E-state index is 15.1. The van der Waals surface area contributed by atoms with Crippen molar-refractivity contribution in [3.63, 3.8) is 0 Å². The number of piperidine rings is 1. The van der Waals surface area contributed by atoms with Gasteiger partial charge in [-0.05, 0) is 42.0 Å². The lowest BCUT2D eigenvalue weighted by Crippen LogP contribution is -2.64. The normalized spacial score (nSPS) is 23.2. The van der Waals surface area contributed by atoms with E-state index in [1.807, 2.05) is 29.3 Å². The molecule has 4 heterocycles. The molecule has 3 aliphatic rings. The molecular weight excluding hydrogens is 472 g/mol. The van der Waals surface area contributed by atoms with Crippen molar-refractivity contribution in [1.82, 2.24) is 9.58 Å². The van der Waals surface area contributed by atoms with Crippen LogP contribution in [0.4, 0.5) is 8.78 Å². The molecule has 0 saturated carbocycles. The highest BCUT2D eigenvalue weighted by molar-refractivity contribution is 7.98. The maximum Gasteiger partial charge on any atom is 0.278 e. The Hall–Kier alpha value is -3.33. The van der Waals surface area contributed by atoms with Crippen molar-refractivity contribution in [2.45, 2.75) is 42.6 Å². The fraction of sp³-hybridized carbons (Fsp3) is 0.308. The zero-order chi connectivity index (χ0) is 24.4. The zero-order valence-electron chi connectivity index (χ0n) is 18.9. The monoisotopic (exact) mass is 495 g/mol.